The Morgan fingerprint density at radius 2 is 1.67 bits per heavy atom. The maximum absolute atomic E-state index is 13.2. The number of thiazole rings is 1. The first kappa shape index (κ1) is 19.1. The Hall–Kier alpha value is -2.92. The first-order valence-electron chi connectivity index (χ1n) is 9.24. The van der Waals surface area contributed by atoms with Crippen LogP contribution < -0.4 is 5.32 Å². The van der Waals surface area contributed by atoms with Gasteiger partial charge in [0, 0.05) is 16.1 Å². The number of amides is 1. The van der Waals surface area contributed by atoms with Gasteiger partial charge in [-0.3, -0.25) is 4.79 Å². The number of anilines is 1. The van der Waals surface area contributed by atoms with E-state index in [0.717, 1.165) is 26.0 Å². The number of nitrogens with one attached hydrogen (secondary N) is 1. The van der Waals surface area contributed by atoms with Gasteiger partial charge in [-0.05, 0) is 41.1 Å². The van der Waals surface area contributed by atoms with E-state index in [1.54, 1.807) is 18.2 Å². The lowest BCUT2D eigenvalue weighted by molar-refractivity contribution is 0.102. The number of benzene rings is 4. The first-order valence-corrected chi connectivity index (χ1v) is 10.8. The minimum absolute atomic E-state index is 0.238. The van der Waals surface area contributed by atoms with Crippen LogP contribution in [-0.4, -0.2) is 10.9 Å². The molecule has 1 heterocycles. The molecule has 0 bridgehead atoms. The van der Waals surface area contributed by atoms with E-state index in [4.69, 9.17) is 28.2 Å². The summed E-state index contributed by atoms with van der Waals surface area (Å²) in [4.78, 5) is 17.9. The van der Waals surface area contributed by atoms with Crippen LogP contribution in [0.25, 0.3) is 31.6 Å². The van der Waals surface area contributed by atoms with Crippen molar-refractivity contribution in [2.24, 2.45) is 0 Å². The highest BCUT2D eigenvalue weighted by molar-refractivity contribution is 7.21. The average Bonchev–Trinajstić information content (AvgIpc) is 3.19. The molecule has 0 aliphatic rings. The number of fused-ring (bicyclic) bond motifs is 2. The zero-order valence-electron chi connectivity index (χ0n) is 15.5. The van der Waals surface area contributed by atoms with Gasteiger partial charge in [-0.1, -0.05) is 71.7 Å². The van der Waals surface area contributed by atoms with Crippen molar-refractivity contribution in [2.75, 3.05) is 5.32 Å². The smallest absolute Gasteiger partial charge is 0.256 e. The van der Waals surface area contributed by atoms with E-state index in [1.165, 1.54) is 11.3 Å². The fraction of sp³-hybridized carbons (Fsp3) is 0. The molecule has 0 atom stereocenters. The number of halogens is 2. The Labute approximate surface area is 186 Å². The molecule has 0 fully saturated rings. The SMILES string of the molecule is O=C(Nc1c(Cl)cc(Cl)cc1-c1nc2ccccc2s1)c1cccc2ccccc12. The van der Waals surface area contributed by atoms with Crippen molar-refractivity contribution in [2.45, 2.75) is 0 Å². The molecular formula is C24H14Cl2N2OS. The third kappa shape index (κ3) is 3.43. The lowest BCUT2D eigenvalue weighted by Crippen LogP contribution is -2.13. The molecule has 0 spiro atoms. The Balaban J connectivity index is 1.61. The Bertz CT molecular complexity index is 1390. The zero-order chi connectivity index (χ0) is 20.7. The van der Waals surface area contributed by atoms with Crippen LogP contribution in [0.3, 0.4) is 0 Å². The average molecular weight is 449 g/mol. The monoisotopic (exact) mass is 448 g/mol. The van der Waals surface area contributed by atoms with Crippen LogP contribution in [0.5, 0.6) is 0 Å². The molecule has 30 heavy (non-hydrogen) atoms. The molecule has 6 heteroatoms. The van der Waals surface area contributed by atoms with Gasteiger partial charge < -0.3 is 5.32 Å². The van der Waals surface area contributed by atoms with Gasteiger partial charge in [0.1, 0.15) is 5.01 Å². The van der Waals surface area contributed by atoms with E-state index >= 15 is 0 Å². The number of nitrogens with zero attached hydrogens (tertiary/aromatic N) is 1. The second-order valence-electron chi connectivity index (χ2n) is 6.78. The van der Waals surface area contributed by atoms with E-state index in [2.05, 4.69) is 5.32 Å². The van der Waals surface area contributed by atoms with Gasteiger partial charge in [-0.2, -0.15) is 0 Å². The number of hydrogen-bond donors (Lipinski definition) is 1. The molecule has 0 saturated carbocycles. The van der Waals surface area contributed by atoms with Gasteiger partial charge >= 0.3 is 0 Å². The Morgan fingerprint density at radius 3 is 2.53 bits per heavy atom. The van der Waals surface area contributed by atoms with Crippen LogP contribution in [0.4, 0.5) is 5.69 Å². The second kappa shape index (κ2) is 7.73. The van der Waals surface area contributed by atoms with Gasteiger partial charge in [0.25, 0.3) is 5.91 Å². The van der Waals surface area contributed by atoms with Gasteiger partial charge in [0.2, 0.25) is 0 Å². The molecule has 1 N–H and O–H groups in total. The summed E-state index contributed by atoms with van der Waals surface area (Å²) in [6.45, 7) is 0. The van der Waals surface area contributed by atoms with Crippen LogP contribution in [0.2, 0.25) is 10.0 Å². The van der Waals surface area contributed by atoms with Crippen molar-refractivity contribution < 1.29 is 4.79 Å². The van der Waals surface area contributed by atoms with Crippen LogP contribution in [0.1, 0.15) is 10.4 Å². The molecule has 0 aliphatic heterocycles. The third-order valence-electron chi connectivity index (χ3n) is 4.85. The molecule has 5 rings (SSSR count). The zero-order valence-corrected chi connectivity index (χ0v) is 17.9. The molecule has 0 aliphatic carbocycles. The lowest BCUT2D eigenvalue weighted by atomic mass is 10.0. The summed E-state index contributed by atoms with van der Waals surface area (Å²) in [6.07, 6.45) is 0. The van der Waals surface area contributed by atoms with Crippen molar-refractivity contribution in [1.82, 2.24) is 4.98 Å². The second-order valence-corrected chi connectivity index (χ2v) is 8.65. The summed E-state index contributed by atoms with van der Waals surface area (Å²) in [5, 5.41) is 6.47. The van der Waals surface area contributed by atoms with Crippen LogP contribution in [0.15, 0.2) is 78.9 Å². The molecule has 3 nitrogen and oxygen atoms in total. The number of carbonyl (C=O) groups excluding carboxylic acids is 1. The molecule has 0 saturated heterocycles. The topological polar surface area (TPSA) is 42.0 Å². The highest BCUT2D eigenvalue weighted by Crippen LogP contribution is 2.40. The van der Waals surface area contributed by atoms with Crippen molar-refractivity contribution in [3.63, 3.8) is 0 Å². The van der Waals surface area contributed by atoms with E-state index in [-0.39, 0.29) is 5.91 Å². The fourth-order valence-corrected chi connectivity index (χ4v) is 4.99. The fourth-order valence-electron chi connectivity index (χ4n) is 3.46. The standard InChI is InChI=1S/C24H14Cl2N2OS/c25-15-12-18(24-27-20-10-3-4-11-21(20)30-24)22(19(26)13-15)28-23(29)17-9-5-7-14-6-1-2-8-16(14)17/h1-13H,(H,28,29). The molecule has 1 aromatic heterocycles. The number of hydrogen-bond acceptors (Lipinski definition) is 3. The summed E-state index contributed by atoms with van der Waals surface area (Å²) in [5.41, 5.74) is 2.66. The third-order valence-corrected chi connectivity index (χ3v) is 6.44. The van der Waals surface area contributed by atoms with Crippen molar-refractivity contribution in [3.8, 4) is 10.6 Å². The minimum Gasteiger partial charge on any atom is -0.320 e. The largest absolute Gasteiger partial charge is 0.320 e. The molecule has 146 valence electrons. The molecule has 5 aromatic rings. The maximum Gasteiger partial charge on any atom is 0.256 e. The quantitative estimate of drug-likeness (QED) is 0.307. The van der Waals surface area contributed by atoms with Crippen LogP contribution in [0, 0.1) is 0 Å². The van der Waals surface area contributed by atoms with E-state index in [1.807, 2.05) is 60.7 Å². The van der Waals surface area contributed by atoms with E-state index in [9.17, 15) is 4.79 Å². The van der Waals surface area contributed by atoms with Crippen molar-refractivity contribution in [1.29, 1.82) is 0 Å². The number of aromatic nitrogens is 1. The van der Waals surface area contributed by atoms with Crippen molar-refractivity contribution in [3.05, 3.63) is 94.5 Å². The summed E-state index contributed by atoms with van der Waals surface area (Å²) >= 11 is 14.3. The molecule has 1 amide bonds. The van der Waals surface area contributed by atoms with E-state index < -0.39 is 0 Å². The summed E-state index contributed by atoms with van der Waals surface area (Å²) in [6, 6.07) is 24.7. The Morgan fingerprint density at radius 1 is 0.900 bits per heavy atom. The number of carbonyl (C=O) groups is 1. The maximum atomic E-state index is 13.2. The van der Waals surface area contributed by atoms with Gasteiger partial charge in [-0.15, -0.1) is 11.3 Å². The number of para-hydroxylation sites is 1. The van der Waals surface area contributed by atoms with Gasteiger partial charge in [0.05, 0.1) is 20.9 Å². The van der Waals surface area contributed by atoms with Gasteiger partial charge in [-0.25, -0.2) is 4.98 Å². The normalized spacial score (nSPS) is 11.1. The molecule has 4 aromatic carbocycles. The summed E-state index contributed by atoms with van der Waals surface area (Å²) in [7, 11) is 0. The van der Waals surface area contributed by atoms with Gasteiger partial charge in [0.15, 0.2) is 0 Å². The van der Waals surface area contributed by atoms with E-state index in [0.29, 0.717) is 26.9 Å². The summed E-state index contributed by atoms with van der Waals surface area (Å²) < 4.78 is 1.05. The predicted molar refractivity (Wildman–Crippen MR) is 127 cm³/mol. The van der Waals surface area contributed by atoms with Crippen LogP contribution in [-0.2, 0) is 0 Å². The van der Waals surface area contributed by atoms with Crippen LogP contribution >= 0.6 is 34.5 Å². The Kier molecular flexibility index (Phi) is 4.91. The van der Waals surface area contributed by atoms with Crippen molar-refractivity contribution >= 4 is 67.1 Å². The highest BCUT2D eigenvalue weighted by Gasteiger charge is 2.19. The first-order chi connectivity index (χ1) is 14.6. The lowest BCUT2D eigenvalue weighted by Gasteiger charge is -2.13. The molecular weight excluding hydrogens is 435 g/mol. The molecule has 0 radical (unpaired) electrons. The molecule has 0 unspecified atom stereocenters. The minimum atomic E-state index is -0.238. The predicted octanol–water partition coefficient (Wildman–Crippen LogP) is 7.68. The summed E-state index contributed by atoms with van der Waals surface area (Å²) in [5.74, 6) is -0.238. The highest BCUT2D eigenvalue weighted by atomic mass is 35.5. The number of rotatable bonds is 3.